The Kier molecular flexibility index (Phi) is 8.76. The number of benzene rings is 2. The van der Waals surface area contributed by atoms with E-state index in [1.54, 1.807) is 18.2 Å². The zero-order valence-corrected chi connectivity index (χ0v) is 23.9. The number of halogens is 3. The number of allylic oxidation sites excluding steroid dienone is 9. The van der Waals surface area contributed by atoms with Gasteiger partial charge in [-0.05, 0) is 70.9 Å². The molecular formula is C36H31F3N4. The largest absolute Gasteiger partial charge is 0.416 e. The van der Waals surface area contributed by atoms with Crippen molar-refractivity contribution < 1.29 is 13.2 Å². The van der Waals surface area contributed by atoms with Crippen molar-refractivity contribution in [1.82, 2.24) is 5.32 Å². The van der Waals surface area contributed by atoms with Crippen LogP contribution in [-0.4, -0.2) is 18.3 Å². The number of rotatable bonds is 6. The van der Waals surface area contributed by atoms with Crippen molar-refractivity contribution in [2.24, 2.45) is 4.99 Å². The number of alkyl halides is 3. The van der Waals surface area contributed by atoms with Crippen LogP contribution >= 0.6 is 0 Å². The molecule has 1 heterocycles. The number of fused-ring (bicyclic) bond motifs is 1. The molecule has 2 aromatic rings. The Morgan fingerprint density at radius 2 is 1.81 bits per heavy atom. The average molecular weight is 577 g/mol. The molecule has 5 rings (SSSR count). The van der Waals surface area contributed by atoms with Gasteiger partial charge in [0.2, 0.25) is 0 Å². The van der Waals surface area contributed by atoms with Crippen LogP contribution in [0.25, 0.3) is 11.1 Å². The number of hydrogen-bond donors (Lipinski definition) is 1. The molecule has 1 saturated heterocycles. The number of hydrogen-bond acceptors (Lipinski definition) is 4. The third-order valence-corrected chi connectivity index (χ3v) is 7.80. The van der Waals surface area contributed by atoms with E-state index in [0.29, 0.717) is 52.9 Å². The van der Waals surface area contributed by atoms with Crippen molar-refractivity contribution in [2.45, 2.75) is 51.2 Å². The molecule has 1 fully saturated rings. The Labute approximate surface area is 250 Å². The van der Waals surface area contributed by atoms with Gasteiger partial charge in [0.15, 0.2) is 0 Å². The number of aliphatic imine (C=N–C) groups is 1. The summed E-state index contributed by atoms with van der Waals surface area (Å²) >= 11 is 0. The summed E-state index contributed by atoms with van der Waals surface area (Å²) in [4.78, 5) is 5.15. The van der Waals surface area contributed by atoms with Crippen molar-refractivity contribution >= 4 is 16.9 Å². The molecule has 0 aromatic heterocycles. The molecule has 43 heavy (non-hydrogen) atoms. The maximum atomic E-state index is 13.5. The van der Waals surface area contributed by atoms with Gasteiger partial charge < -0.3 is 5.32 Å². The zero-order chi connectivity index (χ0) is 30.6. The Morgan fingerprint density at radius 1 is 1.05 bits per heavy atom. The fourth-order valence-electron chi connectivity index (χ4n) is 5.45. The van der Waals surface area contributed by atoms with Gasteiger partial charge in [0.25, 0.3) is 0 Å². The van der Waals surface area contributed by atoms with E-state index in [1.807, 2.05) is 36.4 Å². The van der Waals surface area contributed by atoms with Crippen LogP contribution in [0.1, 0.15) is 61.3 Å². The lowest BCUT2D eigenvalue weighted by Gasteiger charge is -2.12. The van der Waals surface area contributed by atoms with E-state index in [4.69, 9.17) is 4.99 Å². The van der Waals surface area contributed by atoms with E-state index in [1.165, 1.54) is 6.07 Å². The lowest BCUT2D eigenvalue weighted by Crippen LogP contribution is -2.05. The third kappa shape index (κ3) is 6.69. The molecule has 1 atom stereocenters. The van der Waals surface area contributed by atoms with Crippen LogP contribution in [0.4, 0.5) is 13.2 Å². The molecule has 2 aromatic carbocycles. The Bertz CT molecular complexity index is 1730. The molecule has 0 saturated carbocycles. The lowest BCUT2D eigenvalue weighted by molar-refractivity contribution is -0.137. The highest BCUT2D eigenvalue weighted by atomic mass is 19.4. The van der Waals surface area contributed by atoms with E-state index < -0.39 is 11.7 Å². The molecule has 1 unspecified atom stereocenters. The van der Waals surface area contributed by atoms with E-state index >= 15 is 0 Å². The first kappa shape index (κ1) is 29.8. The summed E-state index contributed by atoms with van der Waals surface area (Å²) in [6.45, 7) is 6.93. The topological polar surface area (TPSA) is 81.9 Å². The second-order valence-electron chi connectivity index (χ2n) is 10.8. The van der Waals surface area contributed by atoms with Crippen molar-refractivity contribution in [2.75, 3.05) is 6.54 Å². The third-order valence-electron chi connectivity index (χ3n) is 7.80. The highest BCUT2D eigenvalue weighted by Gasteiger charge is 2.32. The molecule has 1 aliphatic heterocycles. The van der Waals surface area contributed by atoms with E-state index in [2.05, 4.69) is 31.0 Å². The van der Waals surface area contributed by atoms with Gasteiger partial charge in [0.1, 0.15) is 0 Å². The van der Waals surface area contributed by atoms with Crippen LogP contribution in [0.3, 0.4) is 0 Å². The molecule has 3 aliphatic rings. The van der Waals surface area contributed by atoms with Gasteiger partial charge in [0, 0.05) is 24.1 Å². The zero-order valence-electron chi connectivity index (χ0n) is 23.9. The second-order valence-corrected chi connectivity index (χ2v) is 10.8. The summed E-state index contributed by atoms with van der Waals surface area (Å²) in [5.41, 5.74) is 7.22. The monoisotopic (exact) mass is 576 g/mol. The summed E-state index contributed by atoms with van der Waals surface area (Å²) in [7, 11) is 0. The second kappa shape index (κ2) is 12.7. The van der Waals surface area contributed by atoms with Gasteiger partial charge in [-0.1, -0.05) is 74.5 Å². The van der Waals surface area contributed by atoms with Crippen molar-refractivity contribution in [3.63, 3.8) is 0 Å². The summed E-state index contributed by atoms with van der Waals surface area (Å²) in [5.74, 6) is 0. The molecule has 0 amide bonds. The standard InChI is InChI=1S/C36H31F3N4/c1-3-4-8-26(20-40)31-19-34(29-12-6-5-11-28(29)31)43-33-17-23(2)13-14-24(15-16-30(33)32(21-41)35-22-42-35)25-9-7-10-27(18-25)36(37,38)39/h5-7,9-15,17-18,35,42H,2-4,8,16,19,22H2,1H3/b14-13-,24-15+,31-26-,32-30-,33-17?,43-34?. The molecule has 0 bridgehead atoms. The quantitative estimate of drug-likeness (QED) is 0.276. The fourth-order valence-corrected chi connectivity index (χ4v) is 5.45. The van der Waals surface area contributed by atoms with Crippen LogP contribution in [0, 0.1) is 22.7 Å². The minimum Gasteiger partial charge on any atom is -0.306 e. The average Bonchev–Trinajstić information content (AvgIpc) is 3.76. The normalized spacial score (nSPS) is 23.4. The molecule has 0 spiro atoms. The highest BCUT2D eigenvalue weighted by Crippen LogP contribution is 2.39. The first-order chi connectivity index (χ1) is 20.7. The lowest BCUT2D eigenvalue weighted by atomic mass is 9.96. The SMILES string of the molecule is C=C1C=C(N=C2C/C(=C(/C#N)CCCC)c3ccccc32)/C(=C(/C#N)C2CN2)C/C=C(c2cccc(C(F)(F)F)c2)\C=C/1. The van der Waals surface area contributed by atoms with Gasteiger partial charge in [-0.2, -0.15) is 23.7 Å². The van der Waals surface area contributed by atoms with Crippen molar-refractivity contribution in [1.29, 1.82) is 10.5 Å². The first-order valence-electron chi connectivity index (χ1n) is 14.4. The molecule has 4 nitrogen and oxygen atoms in total. The minimum absolute atomic E-state index is 0.110. The van der Waals surface area contributed by atoms with Crippen LogP contribution in [0.2, 0.25) is 0 Å². The number of unbranched alkanes of at least 4 members (excludes halogenated alkanes) is 1. The van der Waals surface area contributed by atoms with Crippen LogP contribution in [0.15, 0.2) is 112 Å². The molecule has 7 heteroatoms. The van der Waals surface area contributed by atoms with Gasteiger partial charge >= 0.3 is 6.18 Å². The number of nitriles is 2. The van der Waals surface area contributed by atoms with Crippen molar-refractivity contribution in [3.8, 4) is 12.1 Å². The van der Waals surface area contributed by atoms with Crippen molar-refractivity contribution in [3.05, 3.63) is 130 Å². The molecule has 0 radical (unpaired) electrons. The molecule has 1 N–H and O–H groups in total. The molecule has 216 valence electrons. The van der Waals surface area contributed by atoms with E-state index in [9.17, 15) is 23.7 Å². The predicted molar refractivity (Wildman–Crippen MR) is 164 cm³/mol. The van der Waals surface area contributed by atoms with Crippen LogP contribution in [-0.2, 0) is 6.18 Å². The smallest absolute Gasteiger partial charge is 0.306 e. The predicted octanol–water partition coefficient (Wildman–Crippen LogP) is 8.64. The Balaban J connectivity index is 1.62. The molecule has 2 aliphatic carbocycles. The highest BCUT2D eigenvalue weighted by molar-refractivity contribution is 6.16. The van der Waals surface area contributed by atoms with E-state index in [-0.39, 0.29) is 12.5 Å². The van der Waals surface area contributed by atoms with Gasteiger partial charge in [-0.15, -0.1) is 0 Å². The first-order valence-corrected chi connectivity index (χ1v) is 14.4. The van der Waals surface area contributed by atoms with Gasteiger partial charge in [-0.3, -0.25) is 4.99 Å². The summed E-state index contributed by atoms with van der Waals surface area (Å²) in [5, 5.41) is 23.4. The molecular weight excluding hydrogens is 545 g/mol. The Morgan fingerprint density at radius 3 is 2.49 bits per heavy atom. The van der Waals surface area contributed by atoms with E-state index in [0.717, 1.165) is 53.0 Å². The Hall–Kier alpha value is -4.72. The maximum Gasteiger partial charge on any atom is 0.416 e. The van der Waals surface area contributed by atoms with Crippen LogP contribution in [0.5, 0.6) is 0 Å². The van der Waals surface area contributed by atoms with Gasteiger partial charge in [0.05, 0.1) is 40.7 Å². The summed E-state index contributed by atoms with van der Waals surface area (Å²) < 4.78 is 40.4. The summed E-state index contributed by atoms with van der Waals surface area (Å²) in [6, 6.07) is 17.8. The van der Waals surface area contributed by atoms with Gasteiger partial charge in [-0.25, -0.2) is 0 Å². The maximum absolute atomic E-state index is 13.5. The minimum atomic E-state index is -4.46. The van der Waals surface area contributed by atoms with Crippen LogP contribution < -0.4 is 5.32 Å². The number of nitrogens with one attached hydrogen (secondary N) is 1. The number of nitrogens with zero attached hydrogens (tertiary/aromatic N) is 3. The fraction of sp³-hybridized carbons (Fsp3) is 0.250. The summed E-state index contributed by atoms with van der Waals surface area (Å²) in [6.07, 6.45) is 6.11.